The minimum Gasteiger partial charge on any atom is -0.505 e. The lowest BCUT2D eigenvalue weighted by atomic mass is 9.78. The summed E-state index contributed by atoms with van der Waals surface area (Å²) in [5.41, 5.74) is 1.89. The van der Waals surface area contributed by atoms with E-state index in [0.717, 1.165) is 25.8 Å². The van der Waals surface area contributed by atoms with Crippen LogP contribution >= 0.6 is 63.7 Å². The number of hydrogen-bond donors (Lipinski definition) is 1. The van der Waals surface area contributed by atoms with Gasteiger partial charge in [-0.15, -0.1) is 0 Å². The molecule has 2 aromatic rings. The van der Waals surface area contributed by atoms with E-state index in [0.29, 0.717) is 15.6 Å². The van der Waals surface area contributed by atoms with Gasteiger partial charge in [-0.3, -0.25) is 0 Å². The molecule has 2 nitrogen and oxygen atoms in total. The minimum atomic E-state index is -0.291. The van der Waals surface area contributed by atoms with Crippen molar-refractivity contribution in [3.05, 3.63) is 53.3 Å². The molecule has 0 aliphatic rings. The van der Waals surface area contributed by atoms with Crippen molar-refractivity contribution in [2.24, 2.45) is 0 Å². The predicted molar refractivity (Wildman–Crippen MR) is 109 cm³/mol. The lowest BCUT2D eigenvalue weighted by Crippen LogP contribution is -2.20. The molecule has 0 bridgehead atoms. The van der Waals surface area contributed by atoms with Crippen LogP contribution in [0.4, 0.5) is 0 Å². The number of rotatable bonds is 4. The molecule has 0 aliphatic carbocycles. The zero-order valence-corrected chi connectivity index (χ0v) is 19.2. The molecule has 1 N–H and O–H groups in total. The Morgan fingerprint density at radius 2 is 1.39 bits per heavy atom. The van der Waals surface area contributed by atoms with E-state index in [2.05, 4.69) is 89.7 Å². The van der Waals surface area contributed by atoms with Gasteiger partial charge >= 0.3 is 0 Å². The number of benzene rings is 2. The Labute approximate surface area is 170 Å². The lowest BCUT2D eigenvalue weighted by molar-refractivity contribution is 0.340. The Kier molecular flexibility index (Phi) is 6.26. The summed E-state index contributed by atoms with van der Waals surface area (Å²) in [7, 11) is 0. The molecule has 0 aliphatic heterocycles. The van der Waals surface area contributed by atoms with Gasteiger partial charge in [0, 0.05) is 14.4 Å². The molecule has 0 saturated heterocycles. The molecular weight excluding hydrogens is 556 g/mol. The average Bonchev–Trinajstić information content (AvgIpc) is 2.52. The molecule has 0 heterocycles. The van der Waals surface area contributed by atoms with Crippen LogP contribution in [0.1, 0.15) is 31.9 Å². The van der Waals surface area contributed by atoms with Crippen LogP contribution in [0.25, 0.3) is 0 Å². The molecule has 0 unspecified atom stereocenters. The Morgan fingerprint density at radius 1 is 0.913 bits per heavy atom. The van der Waals surface area contributed by atoms with Crippen LogP contribution < -0.4 is 4.74 Å². The van der Waals surface area contributed by atoms with Gasteiger partial charge in [-0.25, -0.2) is 0 Å². The summed E-state index contributed by atoms with van der Waals surface area (Å²) in [6.45, 7) is 6.90. The highest BCUT2D eigenvalue weighted by Gasteiger charge is 2.31. The second kappa shape index (κ2) is 7.46. The molecule has 2 rings (SSSR count). The minimum absolute atomic E-state index is 0.162. The van der Waals surface area contributed by atoms with Crippen molar-refractivity contribution in [2.75, 3.05) is 6.61 Å². The van der Waals surface area contributed by atoms with Crippen LogP contribution in [0.5, 0.6) is 11.5 Å². The summed E-state index contributed by atoms with van der Waals surface area (Å²) in [6.07, 6.45) is 0. The number of phenols is 1. The molecule has 2 aromatic carbocycles. The van der Waals surface area contributed by atoms with Gasteiger partial charge in [0.15, 0.2) is 0 Å². The Bertz CT molecular complexity index is 695. The van der Waals surface area contributed by atoms with Crippen LogP contribution in [0.15, 0.2) is 42.2 Å². The third kappa shape index (κ3) is 3.65. The summed E-state index contributed by atoms with van der Waals surface area (Å²) >= 11 is 14.1. The quantitative estimate of drug-likeness (QED) is 0.395. The van der Waals surface area contributed by atoms with Gasteiger partial charge in [-0.2, -0.15) is 0 Å². The molecule has 0 spiro atoms. The van der Waals surface area contributed by atoms with Crippen LogP contribution in [-0.4, -0.2) is 11.7 Å². The normalized spacial score (nSPS) is 11.6. The Hall–Kier alpha value is -0.0400. The highest BCUT2D eigenvalue weighted by molar-refractivity contribution is 9.14. The van der Waals surface area contributed by atoms with Gasteiger partial charge in [-0.1, -0.05) is 26.0 Å². The molecule has 0 aromatic heterocycles. The molecule has 0 atom stereocenters. The van der Waals surface area contributed by atoms with Gasteiger partial charge in [-0.05, 0) is 93.9 Å². The summed E-state index contributed by atoms with van der Waals surface area (Å²) < 4.78 is 8.41. The van der Waals surface area contributed by atoms with Gasteiger partial charge in [0.25, 0.3) is 0 Å². The second-order valence-electron chi connectivity index (χ2n) is 5.56. The van der Waals surface area contributed by atoms with E-state index < -0.39 is 0 Å². The van der Waals surface area contributed by atoms with Crippen molar-refractivity contribution >= 4 is 63.7 Å². The third-order valence-electron chi connectivity index (χ3n) is 3.75. The molecule has 0 amide bonds. The second-order valence-corrected chi connectivity index (χ2v) is 8.73. The summed E-state index contributed by atoms with van der Waals surface area (Å²) in [5.74, 6) is 1.02. The molecule has 0 radical (unpaired) electrons. The molecule has 0 saturated carbocycles. The summed E-state index contributed by atoms with van der Waals surface area (Å²) in [6, 6.07) is 8.09. The van der Waals surface area contributed by atoms with E-state index in [-0.39, 0.29) is 11.2 Å². The number of ether oxygens (including phenoxy) is 1. The van der Waals surface area contributed by atoms with Crippen LogP contribution in [-0.2, 0) is 5.41 Å². The molecule has 23 heavy (non-hydrogen) atoms. The van der Waals surface area contributed by atoms with E-state index in [1.54, 1.807) is 0 Å². The maximum atomic E-state index is 10.2. The fourth-order valence-corrected chi connectivity index (χ4v) is 5.54. The maximum Gasteiger partial charge on any atom is 0.146 e. The third-order valence-corrected chi connectivity index (χ3v) is 7.95. The highest BCUT2D eigenvalue weighted by Crippen LogP contribution is 2.51. The first kappa shape index (κ1) is 19.3. The van der Waals surface area contributed by atoms with E-state index in [9.17, 15) is 5.11 Å². The average molecular weight is 572 g/mol. The number of aromatic hydroxyl groups is 1. The first-order valence-electron chi connectivity index (χ1n) is 7.00. The monoisotopic (exact) mass is 568 g/mol. The standard InChI is InChI=1S/C17H16Br4O2/c1-4-23-10-7-5-9(6-8-10)17(2,3)11-12(18)14(20)16(22)15(21)13(11)19/h5-8,22H,4H2,1-3H3. The molecule has 6 heteroatoms. The molecule has 0 fully saturated rings. The van der Waals surface area contributed by atoms with Crippen LogP contribution in [0, 0.1) is 0 Å². The van der Waals surface area contributed by atoms with Crippen molar-refractivity contribution in [3.63, 3.8) is 0 Å². The fraction of sp³-hybridized carbons (Fsp3) is 0.294. The van der Waals surface area contributed by atoms with Gasteiger partial charge < -0.3 is 9.84 Å². The molecule has 124 valence electrons. The topological polar surface area (TPSA) is 29.5 Å². The van der Waals surface area contributed by atoms with Crippen molar-refractivity contribution in [1.29, 1.82) is 0 Å². The zero-order valence-electron chi connectivity index (χ0n) is 12.9. The van der Waals surface area contributed by atoms with Crippen molar-refractivity contribution in [1.82, 2.24) is 0 Å². The van der Waals surface area contributed by atoms with Gasteiger partial charge in [0.05, 0.1) is 15.6 Å². The lowest BCUT2D eigenvalue weighted by Gasteiger charge is -2.30. The summed E-state index contributed by atoms with van der Waals surface area (Å²) in [4.78, 5) is 0. The van der Waals surface area contributed by atoms with Gasteiger partial charge in [0.2, 0.25) is 0 Å². The van der Waals surface area contributed by atoms with E-state index in [1.165, 1.54) is 0 Å². The van der Waals surface area contributed by atoms with E-state index in [1.807, 2.05) is 19.1 Å². The molecular formula is C17H16Br4O2. The van der Waals surface area contributed by atoms with Crippen LogP contribution in [0.2, 0.25) is 0 Å². The van der Waals surface area contributed by atoms with E-state index >= 15 is 0 Å². The summed E-state index contributed by atoms with van der Waals surface area (Å²) in [5, 5.41) is 10.2. The number of hydrogen-bond acceptors (Lipinski definition) is 2. The Morgan fingerprint density at radius 3 is 1.83 bits per heavy atom. The highest BCUT2D eigenvalue weighted by atomic mass is 79.9. The van der Waals surface area contributed by atoms with Gasteiger partial charge in [0.1, 0.15) is 11.5 Å². The smallest absolute Gasteiger partial charge is 0.146 e. The SMILES string of the molecule is CCOc1ccc(C(C)(C)c2c(Br)c(Br)c(O)c(Br)c2Br)cc1. The fourth-order valence-electron chi connectivity index (χ4n) is 2.45. The van der Waals surface area contributed by atoms with Crippen molar-refractivity contribution in [2.45, 2.75) is 26.2 Å². The number of phenolic OH excluding ortho intramolecular Hbond substituents is 1. The first-order chi connectivity index (χ1) is 10.7. The first-order valence-corrected chi connectivity index (χ1v) is 10.2. The predicted octanol–water partition coefficient (Wildman–Crippen LogP) is 7.17. The zero-order chi connectivity index (χ0) is 17.4. The van der Waals surface area contributed by atoms with E-state index in [4.69, 9.17) is 4.74 Å². The van der Waals surface area contributed by atoms with Crippen LogP contribution in [0.3, 0.4) is 0 Å². The largest absolute Gasteiger partial charge is 0.505 e. The van der Waals surface area contributed by atoms with Crippen molar-refractivity contribution < 1.29 is 9.84 Å². The maximum absolute atomic E-state index is 10.2. The Balaban J connectivity index is 2.60. The van der Waals surface area contributed by atoms with Crippen molar-refractivity contribution in [3.8, 4) is 11.5 Å². The number of halogens is 4.